The summed E-state index contributed by atoms with van der Waals surface area (Å²) in [7, 11) is 0. The molecule has 2 rings (SSSR count). The summed E-state index contributed by atoms with van der Waals surface area (Å²) in [5.74, 6) is -0.873. The van der Waals surface area contributed by atoms with E-state index in [2.05, 4.69) is 0 Å². The SMILES string of the molecule is CC(=O)N1C(=O)SC(Cc2ccc(O)cc2)C1=O. The van der Waals surface area contributed by atoms with Gasteiger partial charge in [0, 0.05) is 6.92 Å². The van der Waals surface area contributed by atoms with Gasteiger partial charge < -0.3 is 5.11 Å². The number of carbonyl (C=O) groups is 3. The summed E-state index contributed by atoms with van der Waals surface area (Å²) >= 11 is 0.863. The molecule has 1 aromatic rings. The quantitative estimate of drug-likeness (QED) is 0.878. The van der Waals surface area contributed by atoms with Crippen molar-refractivity contribution in [1.82, 2.24) is 4.90 Å². The number of benzene rings is 1. The Morgan fingerprint density at radius 2 is 1.94 bits per heavy atom. The number of hydrogen-bond donors (Lipinski definition) is 1. The lowest BCUT2D eigenvalue weighted by Gasteiger charge is -2.09. The van der Waals surface area contributed by atoms with E-state index in [1.165, 1.54) is 19.1 Å². The Morgan fingerprint density at radius 3 is 2.44 bits per heavy atom. The number of thioether (sulfide) groups is 1. The van der Waals surface area contributed by atoms with Gasteiger partial charge in [0.25, 0.3) is 11.1 Å². The van der Waals surface area contributed by atoms with Crippen LogP contribution >= 0.6 is 11.8 Å². The summed E-state index contributed by atoms with van der Waals surface area (Å²) in [5.41, 5.74) is 0.830. The number of amides is 3. The Kier molecular flexibility index (Phi) is 3.38. The van der Waals surface area contributed by atoms with E-state index in [-0.39, 0.29) is 5.75 Å². The van der Waals surface area contributed by atoms with Crippen LogP contribution in [0.4, 0.5) is 4.79 Å². The minimum atomic E-state index is -0.564. The van der Waals surface area contributed by atoms with Gasteiger partial charge in [-0.05, 0) is 24.1 Å². The molecule has 0 bridgehead atoms. The second-order valence-corrected chi connectivity index (χ2v) is 5.09. The Morgan fingerprint density at radius 1 is 1.33 bits per heavy atom. The molecule has 18 heavy (non-hydrogen) atoms. The molecule has 1 aliphatic heterocycles. The third-order valence-corrected chi connectivity index (χ3v) is 3.63. The molecule has 1 heterocycles. The first kappa shape index (κ1) is 12.6. The molecule has 5 nitrogen and oxygen atoms in total. The first-order valence-corrected chi connectivity index (χ1v) is 6.20. The first-order valence-electron chi connectivity index (χ1n) is 5.32. The molecule has 1 aliphatic rings. The number of imide groups is 3. The van der Waals surface area contributed by atoms with Crippen molar-refractivity contribution in [2.45, 2.75) is 18.6 Å². The molecule has 1 N–H and O–H groups in total. The Bertz CT molecular complexity index is 511. The minimum absolute atomic E-state index is 0.144. The molecule has 1 saturated heterocycles. The number of phenols is 1. The lowest BCUT2D eigenvalue weighted by Crippen LogP contribution is -2.35. The van der Waals surface area contributed by atoms with E-state index in [4.69, 9.17) is 5.11 Å². The van der Waals surface area contributed by atoms with E-state index in [9.17, 15) is 14.4 Å². The van der Waals surface area contributed by atoms with E-state index >= 15 is 0 Å². The molecular weight excluding hydrogens is 254 g/mol. The number of hydrogen-bond acceptors (Lipinski definition) is 5. The highest BCUT2D eigenvalue weighted by atomic mass is 32.2. The molecular formula is C12H11NO4S. The van der Waals surface area contributed by atoms with Gasteiger partial charge in [0.05, 0.1) is 5.25 Å². The van der Waals surface area contributed by atoms with Gasteiger partial charge in [-0.3, -0.25) is 14.4 Å². The monoisotopic (exact) mass is 265 g/mol. The number of rotatable bonds is 2. The normalized spacial score (nSPS) is 19.4. The molecule has 0 aliphatic carbocycles. The van der Waals surface area contributed by atoms with Crippen LogP contribution in [0.15, 0.2) is 24.3 Å². The zero-order valence-electron chi connectivity index (χ0n) is 9.62. The van der Waals surface area contributed by atoms with Crippen molar-refractivity contribution in [3.63, 3.8) is 0 Å². The van der Waals surface area contributed by atoms with Crippen LogP contribution in [0.3, 0.4) is 0 Å². The first-order chi connectivity index (χ1) is 8.49. The van der Waals surface area contributed by atoms with Crippen molar-refractivity contribution in [3.8, 4) is 5.75 Å². The van der Waals surface area contributed by atoms with Crippen molar-refractivity contribution in [1.29, 1.82) is 0 Å². The van der Waals surface area contributed by atoms with Gasteiger partial charge in [0.2, 0.25) is 5.91 Å². The maximum Gasteiger partial charge on any atom is 0.295 e. The van der Waals surface area contributed by atoms with Crippen molar-refractivity contribution in [2.24, 2.45) is 0 Å². The average molecular weight is 265 g/mol. The number of aromatic hydroxyl groups is 1. The lowest BCUT2D eigenvalue weighted by molar-refractivity contribution is -0.138. The van der Waals surface area contributed by atoms with Crippen LogP contribution in [0.2, 0.25) is 0 Å². The van der Waals surface area contributed by atoms with Crippen LogP contribution in [0.1, 0.15) is 12.5 Å². The highest BCUT2D eigenvalue weighted by Gasteiger charge is 2.41. The largest absolute Gasteiger partial charge is 0.508 e. The van der Waals surface area contributed by atoms with Crippen LogP contribution in [-0.2, 0) is 16.0 Å². The van der Waals surface area contributed by atoms with Gasteiger partial charge in [-0.25, -0.2) is 4.90 Å². The molecule has 0 spiro atoms. The second kappa shape index (κ2) is 4.81. The average Bonchev–Trinajstić information content (AvgIpc) is 2.57. The predicted octanol–water partition coefficient (Wildman–Crippen LogP) is 1.55. The van der Waals surface area contributed by atoms with Crippen molar-refractivity contribution < 1.29 is 19.5 Å². The zero-order chi connectivity index (χ0) is 13.3. The van der Waals surface area contributed by atoms with E-state index in [0.717, 1.165) is 17.3 Å². The fourth-order valence-corrected chi connectivity index (χ4v) is 2.77. The highest BCUT2D eigenvalue weighted by molar-refractivity contribution is 8.15. The summed E-state index contributed by atoms with van der Waals surface area (Å²) in [4.78, 5) is 35.2. The molecule has 6 heteroatoms. The standard InChI is InChI=1S/C12H11NO4S/c1-7(14)13-11(16)10(18-12(13)17)6-8-2-4-9(15)5-3-8/h2-5,10,15H,6H2,1H3. The Labute approximate surface area is 108 Å². The molecule has 1 unspecified atom stereocenters. The summed E-state index contributed by atoms with van der Waals surface area (Å²) in [6.45, 7) is 1.19. The maximum absolute atomic E-state index is 11.8. The van der Waals surface area contributed by atoms with Gasteiger partial charge in [-0.15, -0.1) is 0 Å². The molecule has 0 saturated carbocycles. The van der Waals surface area contributed by atoms with E-state index in [1.807, 2.05) is 0 Å². The van der Waals surface area contributed by atoms with Gasteiger partial charge in [0.15, 0.2) is 0 Å². The summed E-state index contributed by atoms with van der Waals surface area (Å²) in [5, 5.41) is 8.07. The summed E-state index contributed by atoms with van der Waals surface area (Å²) in [6, 6.07) is 6.40. The lowest BCUT2D eigenvalue weighted by atomic mass is 10.1. The van der Waals surface area contributed by atoms with Gasteiger partial charge in [0.1, 0.15) is 5.75 Å². The molecule has 1 aromatic carbocycles. The third kappa shape index (κ3) is 2.38. The van der Waals surface area contributed by atoms with Crippen molar-refractivity contribution in [2.75, 3.05) is 0 Å². The zero-order valence-corrected chi connectivity index (χ0v) is 10.4. The maximum atomic E-state index is 11.8. The van der Waals surface area contributed by atoms with Crippen LogP contribution in [0.25, 0.3) is 0 Å². The van der Waals surface area contributed by atoms with Gasteiger partial charge in [-0.2, -0.15) is 0 Å². The summed E-state index contributed by atoms with van der Waals surface area (Å²) < 4.78 is 0. The fraction of sp³-hybridized carbons (Fsp3) is 0.250. The van der Waals surface area contributed by atoms with Crippen molar-refractivity contribution in [3.05, 3.63) is 29.8 Å². The van der Waals surface area contributed by atoms with Crippen molar-refractivity contribution >= 4 is 28.8 Å². The van der Waals surface area contributed by atoms with Gasteiger partial charge in [-0.1, -0.05) is 23.9 Å². The smallest absolute Gasteiger partial charge is 0.295 e. The second-order valence-electron chi connectivity index (χ2n) is 3.94. The molecule has 94 valence electrons. The van der Waals surface area contributed by atoms with Crippen LogP contribution < -0.4 is 0 Å². The third-order valence-electron chi connectivity index (χ3n) is 2.59. The molecule has 3 amide bonds. The Hall–Kier alpha value is -1.82. The number of nitrogens with zero attached hydrogens (tertiary/aromatic N) is 1. The predicted molar refractivity (Wildman–Crippen MR) is 66.1 cm³/mol. The topological polar surface area (TPSA) is 74.7 Å². The molecule has 1 fully saturated rings. The van der Waals surface area contributed by atoms with E-state index in [1.54, 1.807) is 12.1 Å². The van der Waals surface area contributed by atoms with Gasteiger partial charge >= 0.3 is 0 Å². The van der Waals surface area contributed by atoms with Crippen LogP contribution in [0, 0.1) is 0 Å². The van der Waals surface area contributed by atoms with Crippen LogP contribution in [-0.4, -0.2) is 32.3 Å². The van der Waals surface area contributed by atoms with E-state index < -0.39 is 22.3 Å². The molecule has 1 atom stereocenters. The Balaban J connectivity index is 2.12. The summed E-state index contributed by atoms with van der Waals surface area (Å²) in [6.07, 6.45) is 0.360. The minimum Gasteiger partial charge on any atom is -0.508 e. The molecule has 0 aromatic heterocycles. The molecule has 0 radical (unpaired) electrons. The highest BCUT2D eigenvalue weighted by Crippen LogP contribution is 2.29. The number of phenolic OH excluding ortho intramolecular Hbond substituents is 1. The fourth-order valence-electron chi connectivity index (χ4n) is 1.72. The number of carbonyl (C=O) groups excluding carboxylic acids is 3. The van der Waals surface area contributed by atoms with E-state index in [0.29, 0.717) is 11.3 Å². The van der Waals surface area contributed by atoms with Crippen LogP contribution in [0.5, 0.6) is 5.75 Å².